The molecular formula is C44H29NO3. The fraction of sp³-hybridized carbons (Fsp3) is 0.114. The van der Waals surface area contributed by atoms with Crippen LogP contribution in [0, 0.1) is 5.92 Å². The molecule has 0 radical (unpaired) electrons. The number of rotatable bonds is 1. The molecule has 11 rings (SSSR count). The van der Waals surface area contributed by atoms with Crippen LogP contribution in [0.1, 0.15) is 34.4 Å². The summed E-state index contributed by atoms with van der Waals surface area (Å²) in [5, 5.41) is 2.38. The molecule has 2 aromatic heterocycles. The molecule has 3 heterocycles. The minimum Gasteiger partial charge on any atom is -0.457 e. The summed E-state index contributed by atoms with van der Waals surface area (Å²) in [6.45, 7) is 0. The van der Waals surface area contributed by atoms with E-state index < -0.39 is 5.41 Å². The summed E-state index contributed by atoms with van der Waals surface area (Å²) >= 11 is 0. The normalized spacial score (nSPS) is 19.1. The molecule has 4 aliphatic rings. The summed E-state index contributed by atoms with van der Waals surface area (Å²) in [6.07, 6.45) is 11.1. The highest BCUT2D eigenvalue weighted by Gasteiger charge is 2.57. The van der Waals surface area contributed by atoms with Crippen molar-refractivity contribution in [2.24, 2.45) is 5.92 Å². The largest absolute Gasteiger partial charge is 0.457 e. The van der Waals surface area contributed by atoms with Gasteiger partial charge in [0.05, 0.1) is 27.9 Å². The number of fused-ring (bicyclic) bond motifs is 14. The third-order valence-corrected chi connectivity index (χ3v) is 11.2. The van der Waals surface area contributed by atoms with Crippen LogP contribution in [0.4, 0.5) is 11.4 Å². The summed E-state index contributed by atoms with van der Waals surface area (Å²) in [6, 6.07) is 40.0. The van der Waals surface area contributed by atoms with E-state index >= 15 is 0 Å². The van der Waals surface area contributed by atoms with Crippen molar-refractivity contribution in [1.29, 1.82) is 0 Å². The quantitative estimate of drug-likeness (QED) is 0.174. The van der Waals surface area contributed by atoms with Gasteiger partial charge in [-0.15, -0.1) is 0 Å². The van der Waals surface area contributed by atoms with Crippen LogP contribution in [0.25, 0.3) is 51.3 Å². The zero-order chi connectivity index (χ0) is 31.6. The van der Waals surface area contributed by atoms with Gasteiger partial charge in [-0.1, -0.05) is 97.1 Å². The highest BCUT2D eigenvalue weighted by molar-refractivity contribution is 6.01. The number of para-hydroxylation sites is 2. The van der Waals surface area contributed by atoms with E-state index in [1.807, 2.05) is 36.4 Å². The van der Waals surface area contributed by atoms with Crippen LogP contribution in [0.15, 0.2) is 135 Å². The zero-order valence-electron chi connectivity index (χ0n) is 26.0. The molecule has 0 N–H and O–H groups in total. The standard InChI is InChI=1S/C44H29NO3/c46-43-29-15-4-10-22-39(29)47-40-23-11-20-36(42(40)43)45-35-19-8-7-18-33(35)44(31-16-5-1-12-26(31)27-13-2-6-17-32(27)44)34-24-30-28-14-3-9-21-38(28)48-41(30)25-37(34)45/h1-2,4-13,15-25,34,37H,3,14H2. The smallest absolute Gasteiger partial charge is 0.202 e. The van der Waals surface area contributed by atoms with Crippen LogP contribution in [-0.2, 0) is 11.8 Å². The van der Waals surface area contributed by atoms with Crippen molar-refractivity contribution in [2.45, 2.75) is 24.3 Å². The van der Waals surface area contributed by atoms with Gasteiger partial charge in [-0.2, -0.15) is 0 Å². The van der Waals surface area contributed by atoms with E-state index in [2.05, 4.69) is 108 Å². The summed E-state index contributed by atoms with van der Waals surface area (Å²) < 4.78 is 13.0. The fourth-order valence-electron chi connectivity index (χ4n) is 9.38. The first-order chi connectivity index (χ1) is 23.7. The highest BCUT2D eigenvalue weighted by atomic mass is 16.3. The zero-order valence-corrected chi connectivity index (χ0v) is 26.0. The van der Waals surface area contributed by atoms with Gasteiger partial charge in [0.15, 0.2) is 0 Å². The molecule has 228 valence electrons. The van der Waals surface area contributed by atoms with Gasteiger partial charge in [0.25, 0.3) is 0 Å². The molecule has 3 aliphatic carbocycles. The molecule has 4 heteroatoms. The lowest BCUT2D eigenvalue weighted by Crippen LogP contribution is -2.55. The topological polar surface area (TPSA) is 46.6 Å². The first-order valence-corrected chi connectivity index (χ1v) is 16.8. The summed E-state index contributed by atoms with van der Waals surface area (Å²) in [7, 11) is 0. The molecule has 0 amide bonds. The van der Waals surface area contributed by atoms with Crippen molar-refractivity contribution < 1.29 is 8.83 Å². The summed E-state index contributed by atoms with van der Waals surface area (Å²) in [5.74, 6) is 0.945. The maximum absolute atomic E-state index is 14.4. The van der Waals surface area contributed by atoms with E-state index in [1.54, 1.807) is 0 Å². The van der Waals surface area contributed by atoms with Gasteiger partial charge < -0.3 is 13.7 Å². The molecule has 1 aliphatic heterocycles. The lowest BCUT2D eigenvalue weighted by Gasteiger charge is -2.52. The van der Waals surface area contributed by atoms with E-state index in [4.69, 9.17) is 8.83 Å². The Morgan fingerprint density at radius 3 is 2.19 bits per heavy atom. The Balaban J connectivity index is 1.30. The van der Waals surface area contributed by atoms with Crippen LogP contribution >= 0.6 is 0 Å². The van der Waals surface area contributed by atoms with E-state index in [0.717, 1.165) is 35.4 Å². The number of furan rings is 1. The van der Waals surface area contributed by atoms with Crippen molar-refractivity contribution in [3.05, 3.63) is 170 Å². The lowest BCUT2D eigenvalue weighted by molar-refractivity contribution is 0.416. The number of nitrogens with zero attached hydrogens (tertiary/aromatic N) is 1. The molecule has 2 unspecified atom stereocenters. The molecule has 0 fully saturated rings. The van der Waals surface area contributed by atoms with E-state index in [-0.39, 0.29) is 17.4 Å². The van der Waals surface area contributed by atoms with Gasteiger partial charge >= 0.3 is 0 Å². The summed E-state index contributed by atoms with van der Waals surface area (Å²) in [5.41, 5.74) is 11.3. The molecule has 5 aromatic carbocycles. The number of hydrogen-bond acceptors (Lipinski definition) is 4. The van der Waals surface area contributed by atoms with Gasteiger partial charge in [0.1, 0.15) is 22.3 Å². The Hall–Kier alpha value is -5.87. The molecule has 0 bridgehead atoms. The molecule has 2 atom stereocenters. The Morgan fingerprint density at radius 1 is 0.667 bits per heavy atom. The number of hydrogen-bond donors (Lipinski definition) is 0. The molecule has 0 saturated carbocycles. The first-order valence-electron chi connectivity index (χ1n) is 16.8. The second-order valence-electron chi connectivity index (χ2n) is 13.4. The van der Waals surface area contributed by atoms with Gasteiger partial charge in [0, 0.05) is 22.4 Å². The van der Waals surface area contributed by atoms with Crippen molar-refractivity contribution in [3.63, 3.8) is 0 Å². The molecular weight excluding hydrogens is 590 g/mol. The molecule has 48 heavy (non-hydrogen) atoms. The monoisotopic (exact) mass is 619 g/mol. The van der Waals surface area contributed by atoms with Crippen molar-refractivity contribution >= 4 is 51.5 Å². The minimum absolute atomic E-state index is 0.0138. The Kier molecular flexibility index (Phi) is 5.11. The van der Waals surface area contributed by atoms with Gasteiger partial charge in [-0.05, 0) is 83.1 Å². The number of anilines is 2. The maximum atomic E-state index is 14.4. The third kappa shape index (κ3) is 3.17. The van der Waals surface area contributed by atoms with E-state index in [0.29, 0.717) is 21.9 Å². The first kappa shape index (κ1) is 26.2. The van der Waals surface area contributed by atoms with Crippen LogP contribution in [0.3, 0.4) is 0 Å². The number of allylic oxidation sites excluding steroid dienone is 1. The summed E-state index contributed by atoms with van der Waals surface area (Å²) in [4.78, 5) is 16.8. The average Bonchev–Trinajstić information content (AvgIpc) is 3.65. The van der Waals surface area contributed by atoms with Crippen LogP contribution in [0.2, 0.25) is 0 Å². The van der Waals surface area contributed by atoms with Crippen molar-refractivity contribution in [1.82, 2.24) is 0 Å². The second-order valence-corrected chi connectivity index (χ2v) is 13.4. The molecule has 1 spiro atoms. The Bertz CT molecular complexity index is 2700. The maximum Gasteiger partial charge on any atom is 0.202 e. The average molecular weight is 620 g/mol. The molecule has 0 saturated heterocycles. The van der Waals surface area contributed by atoms with Crippen LogP contribution < -0.4 is 21.0 Å². The SMILES string of the molecule is O=c1c2ccccc2oc2cccc(N3c4ccccc4C4(c5ccccc5-c5ccccc54)C4C=c5c6c(oc5=CC43)C=CCC6)c12. The van der Waals surface area contributed by atoms with E-state index in [9.17, 15) is 4.79 Å². The second kappa shape index (κ2) is 9.36. The van der Waals surface area contributed by atoms with Crippen LogP contribution in [-0.4, -0.2) is 6.04 Å². The minimum atomic E-state index is -0.463. The number of benzene rings is 5. The Labute approximate surface area is 276 Å². The lowest BCUT2D eigenvalue weighted by atomic mass is 9.58. The van der Waals surface area contributed by atoms with Gasteiger partial charge in [-0.3, -0.25) is 4.79 Å². The van der Waals surface area contributed by atoms with Crippen LogP contribution in [0.5, 0.6) is 0 Å². The molecule has 4 nitrogen and oxygen atoms in total. The van der Waals surface area contributed by atoms with Crippen molar-refractivity contribution in [3.8, 4) is 11.1 Å². The Morgan fingerprint density at radius 2 is 1.35 bits per heavy atom. The molecule has 7 aromatic rings. The highest BCUT2D eigenvalue weighted by Crippen LogP contribution is 2.63. The predicted molar refractivity (Wildman–Crippen MR) is 192 cm³/mol. The third-order valence-electron chi connectivity index (χ3n) is 11.2. The van der Waals surface area contributed by atoms with Gasteiger partial charge in [-0.25, -0.2) is 0 Å². The van der Waals surface area contributed by atoms with E-state index in [1.165, 1.54) is 38.6 Å². The van der Waals surface area contributed by atoms with Crippen molar-refractivity contribution in [2.75, 3.05) is 4.90 Å². The predicted octanol–water partition coefficient (Wildman–Crippen LogP) is 8.22. The fourth-order valence-corrected chi connectivity index (χ4v) is 9.38. The van der Waals surface area contributed by atoms with Gasteiger partial charge in [0.2, 0.25) is 5.43 Å².